The molecule has 0 unspecified atom stereocenters. The third-order valence-corrected chi connectivity index (χ3v) is 8.44. The smallest absolute Gasteiger partial charge is 0.272 e. The van der Waals surface area contributed by atoms with Crippen LogP contribution in [0.25, 0.3) is 27.9 Å². The molecule has 0 aliphatic rings. The molecule has 0 spiro atoms. The number of thioether (sulfide) groups is 1. The van der Waals surface area contributed by atoms with E-state index in [1.54, 1.807) is 41.0 Å². The van der Waals surface area contributed by atoms with E-state index in [1.165, 1.54) is 11.8 Å². The van der Waals surface area contributed by atoms with Gasteiger partial charge in [-0.1, -0.05) is 88.7 Å². The Morgan fingerprint density at radius 2 is 1.39 bits per heavy atom. The molecule has 44 heavy (non-hydrogen) atoms. The van der Waals surface area contributed by atoms with Crippen LogP contribution in [0.4, 0.5) is 5.69 Å². The second kappa shape index (κ2) is 13.2. The van der Waals surface area contributed by atoms with E-state index in [2.05, 4.69) is 26.6 Å². The number of nitrogens with one attached hydrogen (secondary N) is 2. The van der Waals surface area contributed by atoms with Gasteiger partial charge in [-0.25, -0.2) is 0 Å². The fourth-order valence-corrected chi connectivity index (χ4v) is 6.19. The molecule has 2 amide bonds. The summed E-state index contributed by atoms with van der Waals surface area (Å²) in [5, 5.41) is 7.74. The number of carbonyl (C=O) groups excluding carboxylic acids is 3. The number of benzene rings is 5. The molecule has 0 radical (unpaired) electrons. The van der Waals surface area contributed by atoms with Crippen molar-refractivity contribution in [2.24, 2.45) is 0 Å². The molecule has 8 heteroatoms. The number of carbonyl (C=O) groups is 3. The molecule has 2 N–H and O–H groups in total. The molecule has 216 valence electrons. The maximum absolute atomic E-state index is 13.5. The van der Waals surface area contributed by atoms with Gasteiger partial charge in [0, 0.05) is 31.4 Å². The third kappa shape index (κ3) is 6.51. The van der Waals surface area contributed by atoms with Gasteiger partial charge in [0.1, 0.15) is 5.70 Å². The average molecular weight is 661 g/mol. The molecule has 6 aromatic rings. The molecule has 1 aromatic heterocycles. The minimum Gasteiger partial charge on any atom is -0.321 e. The quantitative estimate of drug-likeness (QED) is 0.127. The number of amides is 2. The van der Waals surface area contributed by atoms with Crippen molar-refractivity contribution in [1.29, 1.82) is 0 Å². The number of rotatable bonds is 8. The number of hydrogen-bond donors (Lipinski definition) is 2. The molecule has 0 aliphatic heterocycles. The van der Waals surface area contributed by atoms with Crippen LogP contribution in [0.2, 0.25) is 0 Å². The highest BCUT2D eigenvalue weighted by Gasteiger charge is 2.17. The Labute approximate surface area is 266 Å². The Morgan fingerprint density at radius 3 is 2.09 bits per heavy atom. The normalized spacial score (nSPS) is 11.4. The molecular formula is C36H26BrN3O3S. The van der Waals surface area contributed by atoms with Crippen molar-refractivity contribution in [3.63, 3.8) is 0 Å². The molecule has 6 rings (SSSR count). The third-order valence-electron chi connectivity index (χ3n) is 6.97. The first kappa shape index (κ1) is 29.2. The highest BCUT2D eigenvalue weighted by molar-refractivity contribution is 9.10. The molecule has 1 heterocycles. The van der Waals surface area contributed by atoms with Crippen LogP contribution in [-0.2, 0) is 4.79 Å². The summed E-state index contributed by atoms with van der Waals surface area (Å²) in [7, 11) is 0. The number of hydrogen-bond acceptors (Lipinski definition) is 4. The Hall–Kier alpha value is -4.92. The first-order chi connectivity index (χ1) is 21.5. The van der Waals surface area contributed by atoms with Gasteiger partial charge >= 0.3 is 0 Å². The molecule has 5 aromatic carbocycles. The lowest BCUT2D eigenvalue weighted by molar-refractivity contribution is -0.113. The summed E-state index contributed by atoms with van der Waals surface area (Å²) in [5.41, 5.74) is 3.57. The van der Waals surface area contributed by atoms with Crippen LogP contribution in [0.5, 0.6) is 0 Å². The van der Waals surface area contributed by atoms with Gasteiger partial charge in [0.15, 0.2) is 0 Å². The molecule has 0 saturated carbocycles. The van der Waals surface area contributed by atoms with Crippen molar-refractivity contribution in [1.82, 2.24) is 9.88 Å². The summed E-state index contributed by atoms with van der Waals surface area (Å²) >= 11 is 4.85. The van der Waals surface area contributed by atoms with Gasteiger partial charge in [-0.15, -0.1) is 11.8 Å². The van der Waals surface area contributed by atoms with Crippen LogP contribution >= 0.6 is 27.7 Å². The summed E-state index contributed by atoms with van der Waals surface area (Å²) in [5.74, 6) is -0.696. The minimum atomic E-state index is -0.474. The molecule has 0 atom stereocenters. The van der Waals surface area contributed by atoms with E-state index in [4.69, 9.17) is 0 Å². The maximum atomic E-state index is 13.5. The van der Waals surface area contributed by atoms with Crippen molar-refractivity contribution in [2.75, 3.05) is 11.1 Å². The molecular weight excluding hydrogens is 634 g/mol. The zero-order valence-corrected chi connectivity index (χ0v) is 25.8. The molecule has 0 bridgehead atoms. The van der Waals surface area contributed by atoms with Crippen LogP contribution in [0.15, 0.2) is 142 Å². The average Bonchev–Trinajstić information content (AvgIpc) is 3.38. The fraction of sp³-hybridized carbons (Fsp3) is 0.0278. The largest absolute Gasteiger partial charge is 0.321 e. The van der Waals surface area contributed by atoms with Crippen molar-refractivity contribution >= 4 is 79.0 Å². The number of anilines is 1. The van der Waals surface area contributed by atoms with Crippen LogP contribution in [-0.4, -0.2) is 28.0 Å². The van der Waals surface area contributed by atoms with E-state index < -0.39 is 11.8 Å². The predicted octanol–water partition coefficient (Wildman–Crippen LogP) is 8.40. The van der Waals surface area contributed by atoms with Crippen LogP contribution in [0, 0.1) is 0 Å². The number of halogens is 1. The van der Waals surface area contributed by atoms with Crippen molar-refractivity contribution in [2.45, 2.75) is 4.90 Å². The molecule has 0 saturated heterocycles. The van der Waals surface area contributed by atoms with Crippen molar-refractivity contribution < 1.29 is 14.4 Å². The summed E-state index contributed by atoms with van der Waals surface area (Å²) in [6, 6.07) is 39.3. The Balaban J connectivity index is 1.20. The molecule has 6 nitrogen and oxygen atoms in total. The fourth-order valence-electron chi connectivity index (χ4n) is 4.97. The van der Waals surface area contributed by atoms with E-state index in [0.29, 0.717) is 11.3 Å². The number of nitrogens with zero attached hydrogens (tertiary/aromatic N) is 1. The van der Waals surface area contributed by atoms with E-state index in [0.717, 1.165) is 36.7 Å². The van der Waals surface area contributed by atoms with E-state index in [1.807, 2.05) is 97.1 Å². The van der Waals surface area contributed by atoms with Crippen molar-refractivity contribution in [3.8, 4) is 0 Å². The van der Waals surface area contributed by atoms with Crippen LogP contribution in [0.1, 0.15) is 20.7 Å². The van der Waals surface area contributed by atoms with Crippen molar-refractivity contribution in [3.05, 3.63) is 149 Å². The van der Waals surface area contributed by atoms with Gasteiger partial charge in [-0.05, 0) is 66.2 Å². The lowest BCUT2D eigenvalue weighted by Crippen LogP contribution is -2.30. The standard InChI is InChI=1S/C36H26BrN3O3S/c37-26-13-8-10-24(20-26)21-31(39-35(42)25-11-2-1-3-12-25)36(43)38-27-14-9-15-28(22-27)44-23-34(41)40-32-18-6-4-16-29(32)30-17-5-7-19-33(30)40/h1-22H,23H2,(H,38,43)(H,39,42)/b31-21+. The second-order valence-corrected chi connectivity index (χ2v) is 11.9. The second-order valence-electron chi connectivity index (χ2n) is 9.97. The lowest BCUT2D eigenvalue weighted by atomic mass is 10.1. The van der Waals surface area contributed by atoms with E-state index in [-0.39, 0.29) is 17.4 Å². The van der Waals surface area contributed by atoms with Gasteiger partial charge < -0.3 is 10.6 Å². The zero-order valence-electron chi connectivity index (χ0n) is 23.4. The van der Waals surface area contributed by atoms with E-state index in [9.17, 15) is 14.4 Å². The number of para-hydroxylation sites is 2. The Kier molecular flexibility index (Phi) is 8.72. The van der Waals surface area contributed by atoms with Gasteiger partial charge in [0.05, 0.1) is 16.8 Å². The highest BCUT2D eigenvalue weighted by Crippen LogP contribution is 2.30. The van der Waals surface area contributed by atoms with Gasteiger partial charge in [-0.2, -0.15) is 0 Å². The Morgan fingerprint density at radius 1 is 0.727 bits per heavy atom. The first-order valence-electron chi connectivity index (χ1n) is 13.9. The number of aromatic nitrogens is 1. The first-order valence-corrected chi connectivity index (χ1v) is 15.6. The highest BCUT2D eigenvalue weighted by atomic mass is 79.9. The molecule has 0 aliphatic carbocycles. The maximum Gasteiger partial charge on any atom is 0.272 e. The topological polar surface area (TPSA) is 80.2 Å². The zero-order chi connectivity index (χ0) is 30.5. The summed E-state index contributed by atoms with van der Waals surface area (Å²) in [4.78, 5) is 40.8. The predicted molar refractivity (Wildman–Crippen MR) is 182 cm³/mol. The summed E-state index contributed by atoms with van der Waals surface area (Å²) in [6.45, 7) is 0. The van der Waals surface area contributed by atoms with Gasteiger partial charge in [0.25, 0.3) is 11.8 Å². The summed E-state index contributed by atoms with van der Waals surface area (Å²) in [6.07, 6.45) is 1.63. The SMILES string of the molecule is O=C(Nc1cccc(SCC(=O)n2c3ccccc3c3ccccc32)c1)/C(=C\c1cccc(Br)c1)NC(=O)c1ccccc1. The van der Waals surface area contributed by atoms with Crippen LogP contribution < -0.4 is 10.6 Å². The van der Waals surface area contributed by atoms with Crippen LogP contribution in [0.3, 0.4) is 0 Å². The van der Waals surface area contributed by atoms with Gasteiger partial charge in [0.2, 0.25) is 5.91 Å². The number of fused-ring (bicyclic) bond motifs is 3. The minimum absolute atomic E-state index is 0.0373. The van der Waals surface area contributed by atoms with Gasteiger partial charge in [-0.3, -0.25) is 19.0 Å². The monoisotopic (exact) mass is 659 g/mol. The van der Waals surface area contributed by atoms with E-state index >= 15 is 0 Å². The molecule has 0 fully saturated rings. The Bertz CT molecular complexity index is 2000. The summed E-state index contributed by atoms with van der Waals surface area (Å²) < 4.78 is 2.62. The lowest BCUT2D eigenvalue weighted by Gasteiger charge is -2.12.